The molecule has 3 N–H and O–H groups in total. The van der Waals surface area contributed by atoms with Gasteiger partial charge in [-0.3, -0.25) is 14.4 Å². The summed E-state index contributed by atoms with van der Waals surface area (Å²) in [5.74, 6) is 0.179. The molecule has 0 spiro atoms. The zero-order chi connectivity index (χ0) is 33.2. The fraction of sp³-hybridized carbons (Fsp3) is 0.143. The number of thiazole rings is 1. The molecule has 0 radical (unpaired) electrons. The Morgan fingerprint density at radius 1 is 0.915 bits per heavy atom. The van der Waals surface area contributed by atoms with E-state index >= 15 is 0 Å². The van der Waals surface area contributed by atoms with Crippen molar-refractivity contribution in [3.63, 3.8) is 0 Å². The number of hydrogen-bond acceptors (Lipinski definition) is 9. The standard InChI is InChI=1S/C35H32N4O5S3/c1-4-31(34(42)39-35-38-28(21-46-35)24-13-14-29(43-2)30(18-24)44-3)47-26-12-8-11-25(19-26)36-33(41)27(17-22-15-16-45-20-22)37-32(40)23-9-6-5-7-10-23/h5-21,31H,4H2,1-3H3,(H,36,41)(H,37,40)(H,38,39,42)/b27-17-. The van der Waals surface area contributed by atoms with Gasteiger partial charge in [0.15, 0.2) is 16.6 Å². The maximum atomic E-state index is 13.4. The highest BCUT2D eigenvalue weighted by molar-refractivity contribution is 8.00. The first kappa shape index (κ1) is 33.5. The molecule has 0 saturated heterocycles. The van der Waals surface area contributed by atoms with E-state index in [9.17, 15) is 14.4 Å². The smallest absolute Gasteiger partial charge is 0.272 e. The van der Waals surface area contributed by atoms with Crippen LogP contribution in [-0.2, 0) is 9.59 Å². The highest BCUT2D eigenvalue weighted by Gasteiger charge is 2.21. The molecule has 12 heteroatoms. The molecule has 0 fully saturated rings. The third-order valence-corrected chi connectivity index (χ3v) is 9.65. The molecular formula is C35H32N4O5S3. The number of rotatable bonds is 13. The molecule has 2 aromatic heterocycles. The van der Waals surface area contributed by atoms with Crippen molar-refractivity contribution in [2.75, 3.05) is 24.9 Å². The lowest BCUT2D eigenvalue weighted by Gasteiger charge is -2.15. The van der Waals surface area contributed by atoms with Gasteiger partial charge in [0.05, 0.1) is 25.2 Å². The number of anilines is 2. The second-order valence-corrected chi connectivity index (χ2v) is 12.9. The second-order valence-electron chi connectivity index (χ2n) is 10.0. The van der Waals surface area contributed by atoms with Crippen molar-refractivity contribution in [3.8, 4) is 22.8 Å². The molecule has 0 aliphatic heterocycles. The van der Waals surface area contributed by atoms with Gasteiger partial charge in [0.25, 0.3) is 11.8 Å². The lowest BCUT2D eigenvalue weighted by Crippen LogP contribution is -2.30. The van der Waals surface area contributed by atoms with E-state index in [1.807, 2.05) is 65.5 Å². The predicted molar refractivity (Wildman–Crippen MR) is 190 cm³/mol. The molecule has 5 aromatic rings. The van der Waals surface area contributed by atoms with Gasteiger partial charge >= 0.3 is 0 Å². The third-order valence-electron chi connectivity index (χ3n) is 6.83. The number of carbonyl (C=O) groups is 3. The monoisotopic (exact) mass is 684 g/mol. The molecule has 0 saturated carbocycles. The van der Waals surface area contributed by atoms with Crippen molar-refractivity contribution in [3.05, 3.63) is 112 Å². The second kappa shape index (κ2) is 16.1. The topological polar surface area (TPSA) is 119 Å². The Hall–Kier alpha value is -4.91. The van der Waals surface area contributed by atoms with Crippen LogP contribution in [-0.4, -0.2) is 42.2 Å². The minimum atomic E-state index is -0.471. The van der Waals surface area contributed by atoms with Crippen LogP contribution in [0.3, 0.4) is 0 Å². The first-order chi connectivity index (χ1) is 22.9. The van der Waals surface area contributed by atoms with Gasteiger partial charge < -0.3 is 25.4 Å². The number of ether oxygens (including phenoxy) is 2. The molecule has 240 valence electrons. The summed E-state index contributed by atoms with van der Waals surface area (Å²) >= 11 is 4.22. The number of nitrogens with zero attached hydrogens (tertiary/aromatic N) is 1. The zero-order valence-corrected chi connectivity index (χ0v) is 28.3. The van der Waals surface area contributed by atoms with E-state index in [1.165, 1.54) is 34.4 Å². The minimum absolute atomic E-state index is 0.108. The summed E-state index contributed by atoms with van der Waals surface area (Å²) < 4.78 is 10.7. The van der Waals surface area contributed by atoms with Gasteiger partial charge in [-0.2, -0.15) is 11.3 Å². The van der Waals surface area contributed by atoms with E-state index in [1.54, 1.807) is 56.7 Å². The Kier molecular flexibility index (Phi) is 11.4. The summed E-state index contributed by atoms with van der Waals surface area (Å²) in [6.45, 7) is 1.94. The van der Waals surface area contributed by atoms with Crippen LogP contribution < -0.4 is 25.4 Å². The van der Waals surface area contributed by atoms with Gasteiger partial charge in [-0.1, -0.05) is 31.2 Å². The number of carbonyl (C=O) groups excluding carboxylic acids is 3. The van der Waals surface area contributed by atoms with Crippen molar-refractivity contribution < 1.29 is 23.9 Å². The molecular weight excluding hydrogens is 653 g/mol. The number of aromatic nitrogens is 1. The maximum Gasteiger partial charge on any atom is 0.272 e. The summed E-state index contributed by atoms with van der Waals surface area (Å²) in [5, 5.41) is 14.3. The van der Waals surface area contributed by atoms with Crippen LogP contribution >= 0.6 is 34.4 Å². The molecule has 2 heterocycles. The number of thiophene rings is 1. The normalized spacial score (nSPS) is 11.8. The summed E-state index contributed by atoms with van der Waals surface area (Å²) in [6.07, 6.45) is 2.21. The van der Waals surface area contributed by atoms with Crippen LogP contribution in [0.2, 0.25) is 0 Å². The number of hydrogen-bond donors (Lipinski definition) is 3. The van der Waals surface area contributed by atoms with E-state index in [0.29, 0.717) is 40.0 Å². The van der Waals surface area contributed by atoms with Crippen LogP contribution in [0.4, 0.5) is 10.8 Å². The molecule has 3 amide bonds. The van der Waals surface area contributed by atoms with Crippen LogP contribution in [0.25, 0.3) is 17.3 Å². The highest BCUT2D eigenvalue weighted by atomic mass is 32.2. The SMILES string of the molecule is CCC(Sc1cccc(NC(=O)/C(=C/c2ccsc2)NC(=O)c2ccccc2)c1)C(=O)Nc1nc(-c2ccc(OC)c(OC)c2)cs1. The molecule has 1 unspecified atom stereocenters. The summed E-state index contributed by atoms with van der Waals surface area (Å²) in [5.41, 5.74) is 3.42. The van der Waals surface area contributed by atoms with Crippen LogP contribution in [0.15, 0.2) is 106 Å². The molecule has 5 rings (SSSR count). The number of benzene rings is 3. The van der Waals surface area contributed by atoms with Gasteiger partial charge in [-0.15, -0.1) is 23.1 Å². The van der Waals surface area contributed by atoms with Gasteiger partial charge in [-0.25, -0.2) is 4.98 Å². The Bertz CT molecular complexity index is 1870. The van der Waals surface area contributed by atoms with Gasteiger partial charge in [0.2, 0.25) is 5.91 Å². The molecule has 0 aliphatic rings. The van der Waals surface area contributed by atoms with Crippen molar-refractivity contribution in [2.45, 2.75) is 23.5 Å². The van der Waals surface area contributed by atoms with Crippen molar-refractivity contribution >= 4 is 69.1 Å². The Morgan fingerprint density at radius 3 is 2.45 bits per heavy atom. The third kappa shape index (κ3) is 8.88. The van der Waals surface area contributed by atoms with E-state index in [2.05, 4.69) is 20.9 Å². The number of nitrogens with one attached hydrogen (secondary N) is 3. The lowest BCUT2D eigenvalue weighted by molar-refractivity contribution is -0.116. The molecule has 3 aromatic carbocycles. The lowest BCUT2D eigenvalue weighted by atomic mass is 10.1. The average molecular weight is 685 g/mol. The largest absolute Gasteiger partial charge is 0.493 e. The predicted octanol–water partition coefficient (Wildman–Crippen LogP) is 7.81. The first-order valence-corrected chi connectivity index (χ1v) is 17.2. The van der Waals surface area contributed by atoms with E-state index in [0.717, 1.165) is 16.0 Å². The fourth-order valence-electron chi connectivity index (χ4n) is 4.44. The quantitative estimate of drug-likeness (QED) is 0.0855. The van der Waals surface area contributed by atoms with E-state index in [-0.39, 0.29) is 17.5 Å². The average Bonchev–Trinajstić information content (AvgIpc) is 3.79. The first-order valence-electron chi connectivity index (χ1n) is 14.5. The maximum absolute atomic E-state index is 13.4. The van der Waals surface area contributed by atoms with Crippen LogP contribution in [0, 0.1) is 0 Å². The summed E-state index contributed by atoms with van der Waals surface area (Å²) in [6, 6.07) is 23.4. The van der Waals surface area contributed by atoms with Crippen molar-refractivity contribution in [1.82, 2.24) is 10.3 Å². The van der Waals surface area contributed by atoms with Crippen LogP contribution in [0.5, 0.6) is 11.5 Å². The summed E-state index contributed by atoms with van der Waals surface area (Å²) in [4.78, 5) is 45.0. The summed E-state index contributed by atoms with van der Waals surface area (Å²) in [7, 11) is 3.16. The minimum Gasteiger partial charge on any atom is -0.493 e. The van der Waals surface area contributed by atoms with Crippen molar-refractivity contribution in [2.24, 2.45) is 0 Å². The Morgan fingerprint density at radius 2 is 1.72 bits per heavy atom. The highest BCUT2D eigenvalue weighted by Crippen LogP contribution is 2.34. The number of thioether (sulfide) groups is 1. The molecule has 9 nitrogen and oxygen atoms in total. The fourth-order valence-corrected chi connectivity index (χ4v) is 6.80. The Labute approximate surface area is 285 Å². The molecule has 0 bridgehead atoms. The molecule has 1 atom stereocenters. The van der Waals surface area contributed by atoms with Gasteiger partial charge in [0, 0.05) is 27.1 Å². The van der Waals surface area contributed by atoms with E-state index in [4.69, 9.17) is 9.47 Å². The van der Waals surface area contributed by atoms with Crippen LogP contribution in [0.1, 0.15) is 29.3 Å². The Balaban J connectivity index is 1.24. The zero-order valence-electron chi connectivity index (χ0n) is 25.8. The van der Waals surface area contributed by atoms with E-state index < -0.39 is 11.2 Å². The van der Waals surface area contributed by atoms with Gasteiger partial charge in [0.1, 0.15) is 5.70 Å². The molecule has 0 aliphatic carbocycles. The molecule has 47 heavy (non-hydrogen) atoms. The van der Waals surface area contributed by atoms with Gasteiger partial charge in [-0.05, 0) is 83.4 Å². The number of amides is 3. The number of methoxy groups -OCH3 is 2. The van der Waals surface area contributed by atoms with Crippen molar-refractivity contribution in [1.29, 1.82) is 0 Å².